The van der Waals surface area contributed by atoms with Gasteiger partial charge < -0.3 is 20.2 Å². The molecule has 2 aromatic heterocycles. The first-order valence-corrected chi connectivity index (χ1v) is 10.4. The zero-order valence-electron chi connectivity index (χ0n) is 16.6. The highest BCUT2D eigenvalue weighted by Gasteiger charge is 2.27. The van der Waals surface area contributed by atoms with Crippen LogP contribution in [-0.4, -0.2) is 58.5 Å². The van der Waals surface area contributed by atoms with E-state index in [1.165, 1.54) is 0 Å². The second-order valence-electron chi connectivity index (χ2n) is 7.76. The molecule has 0 aliphatic carbocycles. The third-order valence-corrected chi connectivity index (χ3v) is 5.90. The number of rotatable bonds is 6. The first-order chi connectivity index (χ1) is 14.2. The van der Waals surface area contributed by atoms with Crippen molar-refractivity contribution in [2.75, 3.05) is 36.0 Å². The number of pyridine rings is 1. The Morgan fingerprint density at radius 3 is 2.59 bits per heavy atom. The number of hydrogen-bond donors (Lipinski definition) is 2. The molecule has 2 aromatic rings. The van der Waals surface area contributed by atoms with Gasteiger partial charge in [0, 0.05) is 44.5 Å². The molecule has 2 saturated heterocycles. The fraction of sp³-hybridized carbons (Fsp3) is 0.524. The minimum atomic E-state index is 0.0325. The van der Waals surface area contributed by atoms with Crippen molar-refractivity contribution < 1.29 is 9.90 Å². The van der Waals surface area contributed by atoms with Crippen molar-refractivity contribution >= 4 is 17.5 Å². The van der Waals surface area contributed by atoms with Gasteiger partial charge in [0.2, 0.25) is 5.91 Å². The van der Waals surface area contributed by atoms with E-state index in [9.17, 15) is 9.90 Å². The van der Waals surface area contributed by atoms with Crippen molar-refractivity contribution in [3.8, 4) is 0 Å². The van der Waals surface area contributed by atoms with Gasteiger partial charge in [0.25, 0.3) is 0 Å². The second kappa shape index (κ2) is 9.17. The van der Waals surface area contributed by atoms with Gasteiger partial charge >= 0.3 is 0 Å². The number of nitrogens with zero attached hydrogens (tertiary/aromatic N) is 5. The highest BCUT2D eigenvalue weighted by molar-refractivity contribution is 5.79. The Labute approximate surface area is 171 Å². The summed E-state index contributed by atoms with van der Waals surface area (Å²) in [6.45, 7) is 3.17. The van der Waals surface area contributed by atoms with E-state index < -0.39 is 0 Å². The van der Waals surface area contributed by atoms with E-state index in [1.54, 1.807) is 12.4 Å². The fourth-order valence-corrected chi connectivity index (χ4v) is 4.17. The van der Waals surface area contributed by atoms with Crippen molar-refractivity contribution in [2.45, 2.75) is 38.3 Å². The van der Waals surface area contributed by atoms with E-state index in [-0.39, 0.29) is 24.5 Å². The lowest BCUT2D eigenvalue weighted by molar-refractivity contribution is -0.125. The van der Waals surface area contributed by atoms with Gasteiger partial charge in [0.1, 0.15) is 0 Å². The molecule has 0 radical (unpaired) electrons. The molecule has 4 heterocycles. The molecule has 2 aliphatic rings. The Morgan fingerprint density at radius 2 is 1.90 bits per heavy atom. The predicted molar refractivity (Wildman–Crippen MR) is 111 cm³/mol. The van der Waals surface area contributed by atoms with Crippen molar-refractivity contribution in [1.29, 1.82) is 0 Å². The number of hydrogen-bond acceptors (Lipinski definition) is 7. The van der Waals surface area contributed by atoms with Gasteiger partial charge in [-0.3, -0.25) is 9.78 Å². The molecular formula is C21H28N6O2. The largest absolute Gasteiger partial charge is 0.394 e. The topological polar surface area (TPSA) is 94.5 Å². The molecule has 0 saturated carbocycles. The summed E-state index contributed by atoms with van der Waals surface area (Å²) in [6.07, 6.45) is 7.19. The summed E-state index contributed by atoms with van der Waals surface area (Å²) in [4.78, 5) is 20.9. The van der Waals surface area contributed by atoms with Crippen LogP contribution in [0.1, 0.15) is 31.2 Å². The molecule has 2 N–H and O–H groups in total. The van der Waals surface area contributed by atoms with E-state index in [0.29, 0.717) is 6.54 Å². The van der Waals surface area contributed by atoms with Crippen LogP contribution in [-0.2, 0) is 11.3 Å². The summed E-state index contributed by atoms with van der Waals surface area (Å²) in [6, 6.07) is 7.97. The number of aliphatic hydroxyl groups excluding tert-OH is 1. The molecule has 0 aromatic carbocycles. The van der Waals surface area contributed by atoms with Crippen LogP contribution in [0.2, 0.25) is 0 Å². The van der Waals surface area contributed by atoms with Crippen LogP contribution in [0.4, 0.5) is 11.6 Å². The van der Waals surface area contributed by atoms with Gasteiger partial charge in [0.05, 0.1) is 12.6 Å². The average Bonchev–Trinajstić information content (AvgIpc) is 3.27. The van der Waals surface area contributed by atoms with Crippen LogP contribution >= 0.6 is 0 Å². The minimum absolute atomic E-state index is 0.0325. The fourth-order valence-electron chi connectivity index (χ4n) is 4.17. The van der Waals surface area contributed by atoms with Crippen LogP contribution < -0.4 is 15.1 Å². The highest BCUT2D eigenvalue weighted by Crippen LogP contribution is 2.26. The maximum Gasteiger partial charge on any atom is 0.223 e. The van der Waals surface area contributed by atoms with E-state index >= 15 is 0 Å². The lowest BCUT2D eigenvalue weighted by Gasteiger charge is -2.32. The summed E-state index contributed by atoms with van der Waals surface area (Å²) < 4.78 is 0. The SMILES string of the molecule is O=C(NCc1cccnc1)C1CCN(c2ccc(N3CCCC3CO)nn2)CC1. The summed E-state index contributed by atoms with van der Waals surface area (Å²) in [5.74, 6) is 1.82. The molecule has 4 rings (SSSR count). The summed E-state index contributed by atoms with van der Waals surface area (Å²) >= 11 is 0. The third kappa shape index (κ3) is 4.64. The molecule has 2 aliphatic heterocycles. The summed E-state index contributed by atoms with van der Waals surface area (Å²) in [5, 5.41) is 21.3. The highest BCUT2D eigenvalue weighted by atomic mass is 16.3. The van der Waals surface area contributed by atoms with E-state index in [2.05, 4.69) is 30.3 Å². The molecule has 0 bridgehead atoms. The van der Waals surface area contributed by atoms with Crippen molar-refractivity contribution in [3.05, 3.63) is 42.2 Å². The third-order valence-electron chi connectivity index (χ3n) is 5.90. The lowest BCUT2D eigenvalue weighted by atomic mass is 9.96. The molecule has 2 fully saturated rings. The zero-order chi connectivity index (χ0) is 20.1. The first kappa shape index (κ1) is 19.6. The number of carbonyl (C=O) groups is 1. The van der Waals surface area contributed by atoms with Crippen LogP contribution in [0.3, 0.4) is 0 Å². The number of anilines is 2. The van der Waals surface area contributed by atoms with Crippen molar-refractivity contribution in [3.63, 3.8) is 0 Å². The number of aliphatic hydroxyl groups is 1. The van der Waals surface area contributed by atoms with Gasteiger partial charge in [-0.1, -0.05) is 6.07 Å². The van der Waals surface area contributed by atoms with Crippen molar-refractivity contribution in [1.82, 2.24) is 20.5 Å². The maximum absolute atomic E-state index is 12.5. The Kier molecular flexibility index (Phi) is 6.19. The van der Waals surface area contributed by atoms with E-state index in [0.717, 1.165) is 62.5 Å². The van der Waals surface area contributed by atoms with Gasteiger partial charge in [-0.2, -0.15) is 0 Å². The van der Waals surface area contributed by atoms with E-state index in [1.807, 2.05) is 24.3 Å². The molecule has 0 spiro atoms. The lowest BCUT2D eigenvalue weighted by Crippen LogP contribution is -2.40. The predicted octanol–water partition coefficient (Wildman–Crippen LogP) is 1.37. The van der Waals surface area contributed by atoms with Crippen LogP contribution in [0.15, 0.2) is 36.7 Å². The molecule has 29 heavy (non-hydrogen) atoms. The quantitative estimate of drug-likeness (QED) is 0.761. The number of carbonyl (C=O) groups excluding carboxylic acids is 1. The van der Waals surface area contributed by atoms with E-state index in [4.69, 9.17) is 0 Å². The Bertz CT molecular complexity index is 793. The van der Waals surface area contributed by atoms with Gasteiger partial charge in [0.15, 0.2) is 11.6 Å². The molecule has 1 unspecified atom stereocenters. The van der Waals surface area contributed by atoms with Gasteiger partial charge in [-0.05, 0) is 49.4 Å². The van der Waals surface area contributed by atoms with Crippen LogP contribution in [0.25, 0.3) is 0 Å². The average molecular weight is 396 g/mol. The molecule has 1 atom stereocenters. The van der Waals surface area contributed by atoms with Gasteiger partial charge in [-0.15, -0.1) is 10.2 Å². The number of amides is 1. The normalized spacial score (nSPS) is 20.1. The molecule has 8 nitrogen and oxygen atoms in total. The second-order valence-corrected chi connectivity index (χ2v) is 7.76. The van der Waals surface area contributed by atoms with Crippen LogP contribution in [0.5, 0.6) is 0 Å². The Hall–Kier alpha value is -2.74. The standard InChI is InChI=1S/C21H28N6O2/c28-15-18-4-2-10-27(18)20-6-5-19(24-25-20)26-11-7-17(8-12-26)21(29)23-14-16-3-1-9-22-13-16/h1,3,5-6,9,13,17-18,28H,2,4,7-8,10-12,14-15H2,(H,23,29). The number of aromatic nitrogens is 3. The Morgan fingerprint density at radius 1 is 1.10 bits per heavy atom. The number of piperidine rings is 1. The summed E-state index contributed by atoms with van der Waals surface area (Å²) in [5.41, 5.74) is 1.01. The molecule has 154 valence electrons. The zero-order valence-corrected chi connectivity index (χ0v) is 16.6. The summed E-state index contributed by atoms with van der Waals surface area (Å²) in [7, 11) is 0. The van der Waals surface area contributed by atoms with Crippen molar-refractivity contribution in [2.24, 2.45) is 5.92 Å². The van der Waals surface area contributed by atoms with Gasteiger partial charge in [-0.25, -0.2) is 0 Å². The Balaban J connectivity index is 1.27. The van der Waals surface area contributed by atoms with Crippen LogP contribution in [0, 0.1) is 5.92 Å². The monoisotopic (exact) mass is 396 g/mol. The maximum atomic E-state index is 12.5. The number of nitrogens with one attached hydrogen (secondary N) is 1. The molecule has 1 amide bonds. The minimum Gasteiger partial charge on any atom is -0.394 e. The molecular weight excluding hydrogens is 368 g/mol. The smallest absolute Gasteiger partial charge is 0.223 e. The molecule has 8 heteroatoms. The first-order valence-electron chi connectivity index (χ1n) is 10.4.